The van der Waals surface area contributed by atoms with Crippen molar-refractivity contribution in [2.24, 2.45) is 0 Å². The Labute approximate surface area is 60.8 Å². The van der Waals surface area contributed by atoms with E-state index in [4.69, 9.17) is 0 Å². The largest absolute Gasteiger partial charge is 0.363 e. The van der Waals surface area contributed by atoms with Gasteiger partial charge >= 0.3 is 0 Å². The summed E-state index contributed by atoms with van der Waals surface area (Å²) in [5.74, 6) is 0.908. The predicted octanol–water partition coefficient (Wildman–Crippen LogP) is -0.0687. The van der Waals surface area contributed by atoms with E-state index in [1.807, 2.05) is 0 Å². The maximum Gasteiger partial charge on any atom is 0.268 e. The van der Waals surface area contributed by atoms with Gasteiger partial charge in [-0.15, -0.1) is 5.10 Å². The quantitative estimate of drug-likeness (QED) is 0.625. The highest BCUT2D eigenvalue weighted by molar-refractivity contribution is 5.44. The Bertz CT molecular complexity index is 267. The minimum atomic E-state index is 0.360. The first kappa shape index (κ1) is 5.83. The zero-order valence-corrected chi connectivity index (χ0v) is 5.35. The van der Waals surface area contributed by atoms with Gasteiger partial charge in [0.05, 0.1) is 0 Å². The molecule has 7 nitrogen and oxygen atoms in total. The van der Waals surface area contributed by atoms with E-state index >= 15 is 0 Å². The smallest absolute Gasteiger partial charge is 0.268 e. The standard InChI is InChI=1S/C4H4N6O/c1-2-11-8-3(1)5-4-6-9-10-7-4/h1-2H,(H2,5,6,7,8,9,10). The van der Waals surface area contributed by atoms with E-state index < -0.39 is 0 Å². The molecule has 0 saturated heterocycles. The second-order valence-corrected chi connectivity index (χ2v) is 1.75. The molecular formula is C4H4N6O. The molecule has 2 aromatic heterocycles. The summed E-state index contributed by atoms with van der Waals surface area (Å²) >= 11 is 0. The number of hydrogen-bond acceptors (Lipinski definition) is 6. The van der Waals surface area contributed by atoms with Crippen molar-refractivity contribution >= 4 is 11.8 Å². The van der Waals surface area contributed by atoms with Crippen molar-refractivity contribution in [3.63, 3.8) is 0 Å². The second-order valence-electron chi connectivity index (χ2n) is 1.75. The summed E-state index contributed by atoms with van der Waals surface area (Å²) in [6.07, 6.45) is 1.45. The van der Waals surface area contributed by atoms with Crippen LogP contribution in [-0.4, -0.2) is 25.8 Å². The normalized spacial score (nSPS) is 9.82. The highest BCUT2D eigenvalue weighted by Crippen LogP contribution is 2.05. The summed E-state index contributed by atoms with van der Waals surface area (Å²) in [5.41, 5.74) is 0. The lowest BCUT2D eigenvalue weighted by Crippen LogP contribution is -1.91. The molecule has 0 radical (unpaired) electrons. The lowest BCUT2D eigenvalue weighted by molar-refractivity contribution is 0.423. The zero-order chi connectivity index (χ0) is 7.52. The van der Waals surface area contributed by atoms with E-state index in [9.17, 15) is 0 Å². The molecule has 2 aromatic rings. The van der Waals surface area contributed by atoms with Gasteiger partial charge in [-0.1, -0.05) is 10.3 Å². The third-order valence-corrected chi connectivity index (χ3v) is 1.02. The van der Waals surface area contributed by atoms with Gasteiger partial charge in [0.2, 0.25) is 0 Å². The Morgan fingerprint density at radius 2 is 2.55 bits per heavy atom. The van der Waals surface area contributed by atoms with E-state index in [2.05, 4.69) is 35.6 Å². The molecule has 2 heterocycles. The third-order valence-electron chi connectivity index (χ3n) is 1.02. The van der Waals surface area contributed by atoms with Crippen molar-refractivity contribution in [1.29, 1.82) is 0 Å². The van der Waals surface area contributed by atoms with Crippen LogP contribution in [0.2, 0.25) is 0 Å². The second kappa shape index (κ2) is 2.37. The van der Waals surface area contributed by atoms with Crippen LogP contribution in [0.3, 0.4) is 0 Å². The number of H-pyrrole nitrogens is 1. The Morgan fingerprint density at radius 1 is 1.55 bits per heavy atom. The van der Waals surface area contributed by atoms with Crippen LogP contribution in [0.4, 0.5) is 11.8 Å². The van der Waals surface area contributed by atoms with Crippen molar-refractivity contribution in [2.45, 2.75) is 0 Å². The minimum absolute atomic E-state index is 0.360. The molecule has 0 spiro atoms. The third kappa shape index (κ3) is 1.16. The van der Waals surface area contributed by atoms with Gasteiger partial charge in [0.1, 0.15) is 6.26 Å². The Hall–Kier alpha value is -1.92. The van der Waals surface area contributed by atoms with Crippen LogP contribution in [0.25, 0.3) is 0 Å². The molecule has 0 aliphatic rings. The van der Waals surface area contributed by atoms with Gasteiger partial charge in [0.15, 0.2) is 5.82 Å². The van der Waals surface area contributed by atoms with Crippen molar-refractivity contribution in [3.8, 4) is 0 Å². The van der Waals surface area contributed by atoms with Gasteiger partial charge in [-0.2, -0.15) is 5.21 Å². The number of anilines is 2. The SMILES string of the molecule is c1cc(Nc2nn[nH]n2)no1. The molecule has 56 valence electrons. The predicted molar refractivity (Wildman–Crippen MR) is 34.0 cm³/mol. The maximum atomic E-state index is 4.56. The lowest BCUT2D eigenvalue weighted by atomic mass is 10.6. The number of aromatic amines is 1. The Morgan fingerprint density at radius 3 is 3.18 bits per heavy atom. The number of nitrogens with one attached hydrogen (secondary N) is 2. The molecule has 0 unspecified atom stereocenters. The van der Waals surface area contributed by atoms with Gasteiger partial charge in [-0.25, -0.2) is 0 Å². The first-order valence-electron chi connectivity index (χ1n) is 2.86. The van der Waals surface area contributed by atoms with Crippen molar-refractivity contribution in [3.05, 3.63) is 12.3 Å². The summed E-state index contributed by atoms with van der Waals surface area (Å²) < 4.78 is 4.56. The molecule has 2 N–H and O–H groups in total. The molecule has 0 saturated carbocycles. The molecule has 0 fully saturated rings. The number of aromatic nitrogens is 5. The van der Waals surface area contributed by atoms with E-state index in [1.54, 1.807) is 6.07 Å². The van der Waals surface area contributed by atoms with Crippen LogP contribution < -0.4 is 5.32 Å². The number of rotatable bonds is 2. The maximum absolute atomic E-state index is 4.56. The number of nitrogens with zero attached hydrogens (tertiary/aromatic N) is 4. The summed E-state index contributed by atoms with van der Waals surface area (Å²) in [6.45, 7) is 0. The highest BCUT2D eigenvalue weighted by Gasteiger charge is 1.99. The fraction of sp³-hybridized carbons (Fsp3) is 0. The molecule has 0 amide bonds. The molecule has 0 bridgehead atoms. The molecule has 0 aliphatic carbocycles. The van der Waals surface area contributed by atoms with Gasteiger partial charge < -0.3 is 9.84 Å². The molecule has 7 heteroatoms. The average molecular weight is 152 g/mol. The van der Waals surface area contributed by atoms with E-state index in [1.165, 1.54) is 6.26 Å². The molecule has 0 aromatic carbocycles. The summed E-state index contributed by atoms with van der Waals surface area (Å²) in [7, 11) is 0. The highest BCUT2D eigenvalue weighted by atomic mass is 16.5. The van der Waals surface area contributed by atoms with Crippen molar-refractivity contribution in [2.75, 3.05) is 5.32 Å². The van der Waals surface area contributed by atoms with Crippen LogP contribution in [0.1, 0.15) is 0 Å². The first-order valence-corrected chi connectivity index (χ1v) is 2.86. The van der Waals surface area contributed by atoms with Crippen molar-refractivity contribution in [1.82, 2.24) is 25.8 Å². The topological polar surface area (TPSA) is 92.5 Å². The minimum Gasteiger partial charge on any atom is -0.363 e. The number of tetrazole rings is 1. The zero-order valence-electron chi connectivity index (χ0n) is 5.35. The summed E-state index contributed by atoms with van der Waals surface area (Å²) in [4.78, 5) is 0. The molecule has 2 rings (SSSR count). The van der Waals surface area contributed by atoms with Crippen molar-refractivity contribution < 1.29 is 4.52 Å². The molecule has 0 aliphatic heterocycles. The molecule has 0 atom stereocenters. The Kier molecular flexibility index (Phi) is 1.26. The van der Waals surface area contributed by atoms with Crippen LogP contribution in [0.15, 0.2) is 16.9 Å². The van der Waals surface area contributed by atoms with E-state index in [0.29, 0.717) is 11.8 Å². The molecule has 11 heavy (non-hydrogen) atoms. The number of hydrogen-bond donors (Lipinski definition) is 2. The lowest BCUT2D eigenvalue weighted by Gasteiger charge is -1.89. The summed E-state index contributed by atoms with van der Waals surface area (Å²) in [6, 6.07) is 1.65. The van der Waals surface area contributed by atoms with Gasteiger partial charge in [-0.3, -0.25) is 0 Å². The fourth-order valence-electron chi connectivity index (χ4n) is 0.606. The monoisotopic (exact) mass is 152 g/mol. The fourth-order valence-corrected chi connectivity index (χ4v) is 0.606. The van der Waals surface area contributed by atoms with Crippen LogP contribution in [0, 0.1) is 0 Å². The molecular weight excluding hydrogens is 148 g/mol. The van der Waals surface area contributed by atoms with E-state index in [-0.39, 0.29) is 0 Å². The first-order chi connectivity index (χ1) is 5.45. The van der Waals surface area contributed by atoms with Gasteiger partial charge in [0, 0.05) is 6.07 Å². The summed E-state index contributed by atoms with van der Waals surface area (Å²) in [5, 5.41) is 19.3. The van der Waals surface area contributed by atoms with Gasteiger partial charge in [0.25, 0.3) is 5.95 Å². The Balaban J connectivity index is 2.14. The van der Waals surface area contributed by atoms with Crippen LogP contribution in [0.5, 0.6) is 0 Å². The van der Waals surface area contributed by atoms with Crippen LogP contribution in [-0.2, 0) is 0 Å². The van der Waals surface area contributed by atoms with Crippen LogP contribution >= 0.6 is 0 Å². The average Bonchev–Trinajstić information content (AvgIpc) is 2.60. The van der Waals surface area contributed by atoms with Gasteiger partial charge in [-0.05, 0) is 5.21 Å². The van der Waals surface area contributed by atoms with E-state index in [0.717, 1.165) is 0 Å².